The summed E-state index contributed by atoms with van der Waals surface area (Å²) in [6, 6.07) is 8.31. The number of carbonyl (C=O) groups is 1. The van der Waals surface area contributed by atoms with Crippen LogP contribution in [0.25, 0.3) is 10.9 Å². The minimum Gasteiger partial charge on any atom is -0.452 e. The van der Waals surface area contributed by atoms with Crippen LogP contribution in [0.5, 0.6) is 0 Å². The third kappa shape index (κ3) is 3.51. The van der Waals surface area contributed by atoms with Crippen LogP contribution in [0.3, 0.4) is 0 Å². The smallest absolute Gasteiger partial charge is 0.414 e. The molecule has 1 aromatic carbocycles. The second kappa shape index (κ2) is 7.21. The van der Waals surface area contributed by atoms with Crippen molar-refractivity contribution in [1.29, 1.82) is 0 Å². The van der Waals surface area contributed by atoms with Crippen molar-refractivity contribution in [2.75, 3.05) is 12.0 Å². The standard InChI is InChI=1S/C19H20BrN3O4S/c1-19(2,3)23(18(24)27-4)17-12-22(16-10-13(20)7-8-15(16)17)28(25,26)14-6-5-9-21-11-14/h5-12H,1-4H3. The number of fused-ring (bicyclic) bond motifs is 1. The number of anilines is 1. The van der Waals surface area contributed by atoms with Crippen molar-refractivity contribution < 1.29 is 17.9 Å². The average Bonchev–Trinajstić information content (AvgIpc) is 3.00. The topological polar surface area (TPSA) is 81.5 Å². The van der Waals surface area contributed by atoms with Gasteiger partial charge in [-0.2, -0.15) is 0 Å². The SMILES string of the molecule is COC(=O)N(c1cn(S(=O)(=O)c2cccnc2)c2cc(Br)ccc12)C(C)(C)C. The number of carbonyl (C=O) groups excluding carboxylic acids is 1. The number of methoxy groups -OCH3 is 1. The quantitative estimate of drug-likeness (QED) is 0.572. The fourth-order valence-corrected chi connectivity index (χ4v) is 4.64. The van der Waals surface area contributed by atoms with Crippen molar-refractivity contribution in [2.24, 2.45) is 0 Å². The first kappa shape index (κ1) is 20.3. The molecular formula is C19H20BrN3O4S. The molecule has 3 rings (SSSR count). The lowest BCUT2D eigenvalue weighted by atomic mass is 10.1. The Bertz CT molecular complexity index is 1140. The zero-order valence-electron chi connectivity index (χ0n) is 15.9. The van der Waals surface area contributed by atoms with Gasteiger partial charge in [0.25, 0.3) is 10.0 Å². The molecule has 0 saturated carbocycles. The van der Waals surface area contributed by atoms with Crippen LogP contribution in [0, 0.1) is 0 Å². The van der Waals surface area contributed by atoms with Gasteiger partial charge in [-0.1, -0.05) is 15.9 Å². The summed E-state index contributed by atoms with van der Waals surface area (Å²) in [4.78, 5) is 17.9. The Hall–Kier alpha value is -2.39. The molecule has 0 N–H and O–H groups in total. The lowest BCUT2D eigenvalue weighted by molar-refractivity contribution is 0.173. The summed E-state index contributed by atoms with van der Waals surface area (Å²) in [5.41, 5.74) is 0.234. The van der Waals surface area contributed by atoms with E-state index in [0.717, 1.165) is 0 Å². The van der Waals surface area contributed by atoms with Gasteiger partial charge in [0.15, 0.2) is 0 Å². The third-order valence-electron chi connectivity index (χ3n) is 4.17. The fraction of sp³-hybridized carbons (Fsp3) is 0.263. The van der Waals surface area contributed by atoms with Gasteiger partial charge in [0.05, 0.1) is 18.3 Å². The van der Waals surface area contributed by atoms with Crippen LogP contribution in [0.15, 0.2) is 58.3 Å². The van der Waals surface area contributed by atoms with E-state index in [1.165, 1.54) is 40.6 Å². The van der Waals surface area contributed by atoms with Crippen molar-refractivity contribution in [1.82, 2.24) is 8.96 Å². The van der Waals surface area contributed by atoms with Crippen LogP contribution < -0.4 is 4.90 Å². The van der Waals surface area contributed by atoms with Gasteiger partial charge in [-0.15, -0.1) is 0 Å². The molecular weight excluding hydrogens is 446 g/mol. The van der Waals surface area contributed by atoms with E-state index in [4.69, 9.17) is 4.74 Å². The van der Waals surface area contributed by atoms with E-state index in [1.54, 1.807) is 24.3 Å². The molecule has 0 radical (unpaired) electrons. The van der Waals surface area contributed by atoms with E-state index >= 15 is 0 Å². The number of aromatic nitrogens is 2. The van der Waals surface area contributed by atoms with Gasteiger partial charge in [0.1, 0.15) is 4.90 Å². The van der Waals surface area contributed by atoms with Crippen molar-refractivity contribution in [3.63, 3.8) is 0 Å². The average molecular weight is 466 g/mol. The van der Waals surface area contributed by atoms with E-state index in [2.05, 4.69) is 20.9 Å². The van der Waals surface area contributed by atoms with Crippen molar-refractivity contribution >= 4 is 48.6 Å². The van der Waals surface area contributed by atoms with E-state index in [0.29, 0.717) is 21.1 Å². The van der Waals surface area contributed by atoms with E-state index in [9.17, 15) is 13.2 Å². The Morgan fingerprint density at radius 1 is 1.25 bits per heavy atom. The first-order chi connectivity index (χ1) is 13.1. The monoisotopic (exact) mass is 465 g/mol. The van der Waals surface area contributed by atoms with Crippen molar-refractivity contribution in [3.05, 3.63) is 53.4 Å². The number of pyridine rings is 1. The maximum atomic E-state index is 13.3. The molecule has 2 aromatic heterocycles. The van der Waals surface area contributed by atoms with Gasteiger partial charge in [0, 0.05) is 34.0 Å². The van der Waals surface area contributed by atoms with Gasteiger partial charge in [-0.05, 0) is 51.1 Å². The van der Waals surface area contributed by atoms with Gasteiger partial charge in [-0.3, -0.25) is 9.88 Å². The molecule has 3 aromatic rings. The number of hydrogen-bond acceptors (Lipinski definition) is 5. The lowest BCUT2D eigenvalue weighted by Crippen LogP contribution is -2.45. The molecule has 0 spiro atoms. The number of benzene rings is 1. The largest absolute Gasteiger partial charge is 0.452 e. The zero-order chi connectivity index (χ0) is 20.7. The highest BCUT2D eigenvalue weighted by molar-refractivity contribution is 9.10. The summed E-state index contributed by atoms with van der Waals surface area (Å²) in [6.45, 7) is 5.55. The molecule has 0 saturated heterocycles. The number of halogens is 1. The minimum absolute atomic E-state index is 0.0544. The molecule has 0 unspecified atom stereocenters. The van der Waals surface area contributed by atoms with Gasteiger partial charge < -0.3 is 4.74 Å². The fourth-order valence-electron chi connectivity index (χ4n) is 2.97. The number of hydrogen-bond donors (Lipinski definition) is 0. The van der Waals surface area contributed by atoms with E-state index in [-0.39, 0.29) is 4.90 Å². The Morgan fingerprint density at radius 2 is 1.96 bits per heavy atom. The molecule has 9 heteroatoms. The predicted octanol–water partition coefficient (Wildman–Crippen LogP) is 4.41. The van der Waals surface area contributed by atoms with Crippen LogP contribution in [0.2, 0.25) is 0 Å². The van der Waals surface area contributed by atoms with Crippen LogP contribution in [0.1, 0.15) is 20.8 Å². The maximum Gasteiger partial charge on any atom is 0.414 e. The van der Waals surface area contributed by atoms with E-state index in [1.807, 2.05) is 20.8 Å². The predicted molar refractivity (Wildman–Crippen MR) is 111 cm³/mol. The normalized spacial score (nSPS) is 12.2. The molecule has 148 valence electrons. The van der Waals surface area contributed by atoms with Gasteiger partial charge in [0.2, 0.25) is 0 Å². The lowest BCUT2D eigenvalue weighted by Gasteiger charge is -2.33. The third-order valence-corrected chi connectivity index (χ3v) is 6.32. The molecule has 28 heavy (non-hydrogen) atoms. The Kier molecular flexibility index (Phi) is 5.24. The van der Waals surface area contributed by atoms with Crippen molar-refractivity contribution in [3.8, 4) is 0 Å². The molecule has 2 heterocycles. The number of ether oxygens (including phenoxy) is 1. The van der Waals surface area contributed by atoms with Crippen LogP contribution in [-0.4, -0.2) is 36.1 Å². The summed E-state index contributed by atoms with van der Waals surface area (Å²) in [7, 11) is -2.62. The highest BCUT2D eigenvalue weighted by Gasteiger charge is 2.33. The second-order valence-electron chi connectivity index (χ2n) is 7.14. The molecule has 0 aliphatic rings. The summed E-state index contributed by atoms with van der Waals surface area (Å²) in [5, 5.41) is 0.607. The number of amides is 1. The highest BCUT2D eigenvalue weighted by Crippen LogP contribution is 2.37. The highest BCUT2D eigenvalue weighted by atomic mass is 79.9. The molecule has 0 bridgehead atoms. The zero-order valence-corrected chi connectivity index (χ0v) is 18.3. The maximum absolute atomic E-state index is 13.3. The van der Waals surface area contributed by atoms with Gasteiger partial charge in [-0.25, -0.2) is 17.2 Å². The molecule has 1 amide bonds. The minimum atomic E-state index is -3.92. The first-order valence-electron chi connectivity index (χ1n) is 8.42. The summed E-state index contributed by atoms with van der Waals surface area (Å²) < 4.78 is 33.4. The molecule has 0 atom stereocenters. The van der Waals surface area contributed by atoms with Gasteiger partial charge >= 0.3 is 6.09 Å². The summed E-state index contributed by atoms with van der Waals surface area (Å²) in [6.07, 6.45) is 3.67. The number of rotatable bonds is 3. The van der Waals surface area contributed by atoms with Crippen molar-refractivity contribution in [2.45, 2.75) is 31.2 Å². The Balaban J connectivity index is 2.35. The number of nitrogens with zero attached hydrogens (tertiary/aromatic N) is 3. The van der Waals surface area contributed by atoms with Crippen LogP contribution in [-0.2, 0) is 14.8 Å². The summed E-state index contributed by atoms with van der Waals surface area (Å²) >= 11 is 3.39. The summed E-state index contributed by atoms with van der Waals surface area (Å²) in [5.74, 6) is 0. The molecule has 0 aliphatic carbocycles. The first-order valence-corrected chi connectivity index (χ1v) is 10.6. The molecule has 7 nitrogen and oxygen atoms in total. The molecule has 0 aliphatic heterocycles. The Labute approximate surface area is 172 Å². The Morgan fingerprint density at radius 3 is 2.54 bits per heavy atom. The molecule has 0 fully saturated rings. The van der Waals surface area contributed by atoms with Crippen LogP contribution >= 0.6 is 15.9 Å². The van der Waals surface area contributed by atoms with E-state index < -0.39 is 21.7 Å². The second-order valence-corrected chi connectivity index (χ2v) is 9.87. The van der Waals surface area contributed by atoms with Crippen LogP contribution in [0.4, 0.5) is 10.5 Å².